The first-order valence-electron chi connectivity index (χ1n) is 8.77. The van der Waals surface area contributed by atoms with Gasteiger partial charge in [0.05, 0.1) is 11.0 Å². The number of nitrogens with zero attached hydrogens (tertiary/aromatic N) is 2. The van der Waals surface area contributed by atoms with Crippen LogP contribution in [-0.2, 0) is 13.6 Å². The molecule has 1 aliphatic carbocycles. The Morgan fingerprint density at radius 1 is 1.36 bits per heavy atom. The highest BCUT2D eigenvalue weighted by molar-refractivity contribution is 5.97. The largest absolute Gasteiger partial charge is 0.474 e. The average Bonchev–Trinajstić information content (AvgIpc) is 2.93. The van der Waals surface area contributed by atoms with Crippen molar-refractivity contribution in [1.82, 2.24) is 19.9 Å². The van der Waals surface area contributed by atoms with Gasteiger partial charge < -0.3 is 15.0 Å². The lowest BCUT2D eigenvalue weighted by Crippen LogP contribution is -2.43. The minimum atomic E-state index is -2.63. The minimum Gasteiger partial charge on any atom is -0.474 e. The molecule has 2 aromatic heterocycles. The monoisotopic (exact) mass is 388 g/mol. The van der Waals surface area contributed by atoms with E-state index in [2.05, 4.69) is 15.3 Å². The molecule has 9 heteroatoms. The molecular formula is C19H18F2N4O3. The number of aromatic amines is 1. The van der Waals surface area contributed by atoms with E-state index in [0.717, 1.165) is 5.56 Å². The van der Waals surface area contributed by atoms with Crippen molar-refractivity contribution in [2.75, 3.05) is 0 Å². The van der Waals surface area contributed by atoms with E-state index in [1.807, 2.05) is 0 Å². The fourth-order valence-electron chi connectivity index (χ4n) is 3.11. The van der Waals surface area contributed by atoms with Gasteiger partial charge in [0.25, 0.3) is 11.8 Å². The zero-order valence-electron chi connectivity index (χ0n) is 15.0. The number of nitrogens with one attached hydrogen (secondary N) is 2. The van der Waals surface area contributed by atoms with Gasteiger partial charge >= 0.3 is 5.69 Å². The summed E-state index contributed by atoms with van der Waals surface area (Å²) in [5.74, 6) is -2.64. The highest BCUT2D eigenvalue weighted by Crippen LogP contribution is 2.39. The number of benzene rings is 1. The zero-order chi connectivity index (χ0) is 19.9. The quantitative estimate of drug-likeness (QED) is 0.702. The molecule has 1 aliphatic rings. The fourth-order valence-corrected chi connectivity index (χ4v) is 3.11. The molecule has 0 bridgehead atoms. The Labute approximate surface area is 158 Å². The maximum Gasteiger partial charge on any atom is 0.326 e. The van der Waals surface area contributed by atoms with Crippen molar-refractivity contribution in [2.45, 2.75) is 31.4 Å². The van der Waals surface area contributed by atoms with Crippen LogP contribution >= 0.6 is 0 Å². The molecule has 0 spiro atoms. The van der Waals surface area contributed by atoms with Gasteiger partial charge in [-0.3, -0.25) is 9.36 Å². The van der Waals surface area contributed by atoms with Gasteiger partial charge in [0.2, 0.25) is 5.88 Å². The maximum atomic E-state index is 12.8. The van der Waals surface area contributed by atoms with Crippen LogP contribution in [0, 0.1) is 0 Å². The molecule has 0 atom stereocenters. The van der Waals surface area contributed by atoms with Crippen LogP contribution in [0.2, 0.25) is 0 Å². The number of hydrogen-bond donors (Lipinski definition) is 2. The molecule has 0 unspecified atom stereocenters. The summed E-state index contributed by atoms with van der Waals surface area (Å²) < 4.78 is 32.5. The summed E-state index contributed by atoms with van der Waals surface area (Å²) in [4.78, 5) is 30.8. The topological polar surface area (TPSA) is 89.0 Å². The second-order valence-corrected chi connectivity index (χ2v) is 6.91. The molecule has 1 aromatic carbocycles. The molecule has 1 saturated carbocycles. The molecule has 2 heterocycles. The van der Waals surface area contributed by atoms with Crippen LogP contribution in [0.3, 0.4) is 0 Å². The molecule has 2 N–H and O–H groups in total. The molecule has 28 heavy (non-hydrogen) atoms. The Bertz CT molecular complexity index is 1080. The fraction of sp³-hybridized carbons (Fsp3) is 0.316. The molecule has 1 fully saturated rings. The Morgan fingerprint density at radius 2 is 2.14 bits per heavy atom. The Balaban J connectivity index is 1.35. The third kappa shape index (κ3) is 3.60. The summed E-state index contributed by atoms with van der Waals surface area (Å²) in [6.45, 7) is 0.247. The summed E-state index contributed by atoms with van der Waals surface area (Å²) in [6, 6.07) is 8.29. The number of aromatic nitrogens is 3. The maximum absolute atomic E-state index is 12.8. The van der Waals surface area contributed by atoms with Gasteiger partial charge in [0, 0.05) is 44.3 Å². The number of fused-ring (bicyclic) bond motifs is 1. The number of imidazole rings is 1. The van der Waals surface area contributed by atoms with E-state index in [-0.39, 0.29) is 36.9 Å². The van der Waals surface area contributed by atoms with Crippen LogP contribution in [0.15, 0.2) is 41.3 Å². The van der Waals surface area contributed by atoms with Gasteiger partial charge in [-0.2, -0.15) is 0 Å². The van der Waals surface area contributed by atoms with Crippen LogP contribution in [0.1, 0.15) is 28.8 Å². The van der Waals surface area contributed by atoms with Gasteiger partial charge in [-0.05, 0) is 23.8 Å². The Morgan fingerprint density at radius 3 is 2.82 bits per heavy atom. The number of carbonyl (C=O) groups is 1. The standard InChI is InChI=1S/C19H18F2N4O3/c1-25-15-4-3-12(6-14(15)24-18(25)27)17(26)23-10-11-2-5-16(22-9-11)28-13-7-19(20,21)8-13/h2-6,9,13H,7-8,10H2,1H3,(H,23,26)(H,24,27). The first kappa shape index (κ1) is 18.1. The molecule has 3 aromatic rings. The third-order valence-corrected chi connectivity index (χ3v) is 4.76. The zero-order valence-corrected chi connectivity index (χ0v) is 15.0. The first-order valence-corrected chi connectivity index (χ1v) is 8.77. The number of rotatable bonds is 5. The van der Waals surface area contributed by atoms with Gasteiger partial charge in [-0.1, -0.05) is 6.07 Å². The Hall–Kier alpha value is -3.23. The normalized spacial score (nSPS) is 16.0. The SMILES string of the molecule is Cn1c(=O)[nH]c2cc(C(=O)NCc3ccc(OC4CC(F)(F)C4)nc3)ccc21. The lowest BCUT2D eigenvalue weighted by Gasteiger charge is -2.34. The number of ether oxygens (including phenoxy) is 1. The molecule has 0 radical (unpaired) electrons. The van der Waals surface area contributed by atoms with Crippen molar-refractivity contribution in [1.29, 1.82) is 0 Å². The van der Waals surface area contributed by atoms with Gasteiger partial charge in [0.1, 0.15) is 6.10 Å². The number of amides is 1. The van der Waals surface area contributed by atoms with Crippen LogP contribution in [0.25, 0.3) is 11.0 Å². The second kappa shape index (κ2) is 6.74. The molecule has 146 valence electrons. The summed E-state index contributed by atoms with van der Waals surface area (Å²) in [6.07, 6.45) is 0.449. The number of alkyl halides is 2. The number of hydrogen-bond acceptors (Lipinski definition) is 4. The molecule has 0 saturated heterocycles. The number of aryl methyl sites for hydroxylation is 1. The first-order chi connectivity index (χ1) is 13.3. The summed E-state index contributed by atoms with van der Waals surface area (Å²) >= 11 is 0. The molecule has 0 aliphatic heterocycles. The van der Waals surface area contributed by atoms with Crippen molar-refractivity contribution >= 4 is 16.9 Å². The van der Waals surface area contributed by atoms with Gasteiger partial charge in [0.15, 0.2) is 0 Å². The van der Waals surface area contributed by atoms with Crippen LogP contribution < -0.4 is 15.7 Å². The number of H-pyrrole nitrogens is 1. The lowest BCUT2D eigenvalue weighted by molar-refractivity contribution is -0.135. The molecule has 7 nitrogen and oxygen atoms in total. The molecule has 4 rings (SSSR count). The predicted octanol–water partition coefficient (Wildman–Crippen LogP) is 2.37. The molecular weight excluding hydrogens is 370 g/mol. The number of pyridine rings is 1. The van der Waals surface area contributed by atoms with Crippen molar-refractivity contribution in [3.8, 4) is 5.88 Å². The van der Waals surface area contributed by atoms with Crippen molar-refractivity contribution in [3.05, 3.63) is 58.1 Å². The van der Waals surface area contributed by atoms with Crippen LogP contribution in [0.4, 0.5) is 8.78 Å². The van der Waals surface area contributed by atoms with E-state index < -0.39 is 12.0 Å². The van der Waals surface area contributed by atoms with Crippen molar-refractivity contribution in [2.24, 2.45) is 7.05 Å². The van der Waals surface area contributed by atoms with Crippen molar-refractivity contribution in [3.63, 3.8) is 0 Å². The minimum absolute atomic E-state index is 0.244. The van der Waals surface area contributed by atoms with E-state index >= 15 is 0 Å². The van der Waals surface area contributed by atoms with E-state index in [1.165, 1.54) is 10.8 Å². The van der Waals surface area contributed by atoms with Crippen molar-refractivity contribution < 1.29 is 18.3 Å². The lowest BCUT2D eigenvalue weighted by atomic mass is 9.91. The highest BCUT2D eigenvalue weighted by Gasteiger charge is 2.47. The van der Waals surface area contributed by atoms with E-state index in [0.29, 0.717) is 16.6 Å². The Kier molecular flexibility index (Phi) is 4.37. The van der Waals surface area contributed by atoms with Crippen LogP contribution in [-0.4, -0.2) is 32.5 Å². The van der Waals surface area contributed by atoms with Gasteiger partial charge in [-0.25, -0.2) is 18.6 Å². The van der Waals surface area contributed by atoms with Crippen LogP contribution in [0.5, 0.6) is 5.88 Å². The smallest absolute Gasteiger partial charge is 0.326 e. The van der Waals surface area contributed by atoms with Gasteiger partial charge in [-0.15, -0.1) is 0 Å². The van der Waals surface area contributed by atoms with E-state index in [4.69, 9.17) is 4.74 Å². The molecule has 1 amide bonds. The summed E-state index contributed by atoms with van der Waals surface area (Å²) in [7, 11) is 1.65. The third-order valence-electron chi connectivity index (χ3n) is 4.76. The van der Waals surface area contributed by atoms with E-state index in [9.17, 15) is 18.4 Å². The summed E-state index contributed by atoms with van der Waals surface area (Å²) in [5, 5.41) is 2.78. The predicted molar refractivity (Wildman–Crippen MR) is 97.5 cm³/mol. The average molecular weight is 388 g/mol. The number of carbonyl (C=O) groups excluding carboxylic acids is 1. The second-order valence-electron chi connectivity index (χ2n) is 6.91. The number of halogens is 2. The van der Waals surface area contributed by atoms with E-state index in [1.54, 1.807) is 37.4 Å². The summed E-state index contributed by atoms with van der Waals surface area (Å²) in [5.41, 5.74) is 2.23. The highest BCUT2D eigenvalue weighted by atomic mass is 19.3.